The van der Waals surface area contributed by atoms with Gasteiger partial charge < -0.3 is 0 Å². The summed E-state index contributed by atoms with van der Waals surface area (Å²) < 4.78 is 0. The third-order valence-corrected chi connectivity index (χ3v) is 1.55. The number of aromatic amines is 1. The van der Waals surface area contributed by atoms with Crippen molar-refractivity contribution < 1.29 is 9.59 Å². The van der Waals surface area contributed by atoms with Crippen LogP contribution in [0.1, 0.15) is 0 Å². The molecular weight excluding hydrogens is 158 g/mol. The molecule has 0 bridgehead atoms. The second-order valence-corrected chi connectivity index (χ2v) is 2.30. The number of carbonyl (C=O) groups excluding carboxylic acids is 2. The van der Waals surface area contributed by atoms with Gasteiger partial charge in [0.1, 0.15) is 0 Å². The first kappa shape index (κ1) is 6.78. The van der Waals surface area contributed by atoms with E-state index in [0.29, 0.717) is 5.69 Å². The van der Waals surface area contributed by atoms with Crippen molar-refractivity contribution >= 4 is 17.5 Å². The molecule has 0 fully saturated rings. The molecule has 0 atom stereocenters. The molecule has 0 unspecified atom stereocenters. The monoisotopic (exact) mass is 163 g/mol. The van der Waals surface area contributed by atoms with E-state index in [0.717, 1.165) is 4.90 Å². The number of H-pyrrole nitrogens is 1. The first-order valence-electron chi connectivity index (χ1n) is 3.34. The van der Waals surface area contributed by atoms with E-state index in [1.165, 1.54) is 24.5 Å². The minimum absolute atomic E-state index is 0.332. The SMILES string of the molecule is O=C1C=CC(=O)N1c1cn[nH]c1. The Labute approximate surface area is 67.7 Å². The second kappa shape index (κ2) is 2.30. The van der Waals surface area contributed by atoms with Gasteiger partial charge in [-0.25, -0.2) is 4.90 Å². The summed E-state index contributed by atoms with van der Waals surface area (Å²) in [6.45, 7) is 0. The molecule has 1 aliphatic heterocycles. The highest BCUT2D eigenvalue weighted by Gasteiger charge is 2.25. The topological polar surface area (TPSA) is 66.1 Å². The van der Waals surface area contributed by atoms with Crippen molar-refractivity contribution in [2.75, 3.05) is 4.90 Å². The highest BCUT2D eigenvalue weighted by molar-refractivity contribution is 6.28. The van der Waals surface area contributed by atoms with Gasteiger partial charge in [0, 0.05) is 18.3 Å². The van der Waals surface area contributed by atoms with E-state index in [4.69, 9.17) is 0 Å². The van der Waals surface area contributed by atoms with E-state index in [1.807, 2.05) is 0 Å². The number of hydrogen-bond donors (Lipinski definition) is 1. The predicted molar refractivity (Wildman–Crippen MR) is 40.2 cm³/mol. The number of anilines is 1. The average molecular weight is 163 g/mol. The lowest BCUT2D eigenvalue weighted by molar-refractivity contribution is -0.119. The van der Waals surface area contributed by atoms with Crippen LogP contribution in [0, 0.1) is 0 Å². The summed E-state index contributed by atoms with van der Waals surface area (Å²) in [5.74, 6) is -0.664. The summed E-state index contributed by atoms with van der Waals surface area (Å²) in [6, 6.07) is 0. The van der Waals surface area contributed by atoms with Crippen molar-refractivity contribution in [3.05, 3.63) is 24.5 Å². The Morgan fingerprint density at radius 3 is 2.42 bits per heavy atom. The average Bonchev–Trinajstić information content (AvgIpc) is 2.61. The van der Waals surface area contributed by atoms with Crippen molar-refractivity contribution in [2.24, 2.45) is 0 Å². The molecule has 5 heteroatoms. The van der Waals surface area contributed by atoms with Crippen LogP contribution in [0.15, 0.2) is 24.5 Å². The van der Waals surface area contributed by atoms with Crippen LogP contribution < -0.4 is 4.90 Å². The van der Waals surface area contributed by atoms with Crippen molar-refractivity contribution in [3.8, 4) is 0 Å². The van der Waals surface area contributed by atoms with Crippen molar-refractivity contribution in [1.82, 2.24) is 10.2 Å². The molecule has 0 spiro atoms. The van der Waals surface area contributed by atoms with E-state index >= 15 is 0 Å². The third-order valence-electron chi connectivity index (χ3n) is 1.55. The Morgan fingerprint density at radius 1 is 1.25 bits per heavy atom. The summed E-state index contributed by atoms with van der Waals surface area (Å²) in [4.78, 5) is 23.2. The molecule has 1 aromatic rings. The second-order valence-electron chi connectivity index (χ2n) is 2.30. The molecule has 0 radical (unpaired) electrons. The summed E-state index contributed by atoms with van der Waals surface area (Å²) in [6.07, 6.45) is 5.37. The van der Waals surface area contributed by atoms with Gasteiger partial charge in [0.2, 0.25) is 0 Å². The summed E-state index contributed by atoms with van der Waals surface area (Å²) >= 11 is 0. The van der Waals surface area contributed by atoms with Crippen LogP contribution in [-0.4, -0.2) is 22.0 Å². The molecule has 1 aromatic heterocycles. The Hall–Kier alpha value is -1.91. The number of rotatable bonds is 1. The standard InChI is InChI=1S/C7H5N3O2/c11-6-1-2-7(12)10(6)5-3-8-9-4-5/h1-4H,(H,8,9). The van der Waals surface area contributed by atoms with Gasteiger partial charge >= 0.3 is 0 Å². The van der Waals surface area contributed by atoms with Crippen LogP contribution in [-0.2, 0) is 9.59 Å². The molecule has 2 rings (SSSR count). The maximum atomic E-state index is 11.1. The number of carbonyl (C=O) groups is 2. The molecular formula is C7H5N3O2. The van der Waals surface area contributed by atoms with Crippen molar-refractivity contribution in [3.63, 3.8) is 0 Å². The Bertz CT molecular complexity index is 335. The number of nitrogens with zero attached hydrogens (tertiary/aromatic N) is 2. The van der Waals surface area contributed by atoms with Crippen molar-refractivity contribution in [2.45, 2.75) is 0 Å². The first-order chi connectivity index (χ1) is 5.79. The van der Waals surface area contributed by atoms with Gasteiger partial charge in [-0.15, -0.1) is 0 Å². The number of aromatic nitrogens is 2. The van der Waals surface area contributed by atoms with Gasteiger partial charge in [-0.3, -0.25) is 14.7 Å². The Morgan fingerprint density at radius 2 is 1.92 bits per heavy atom. The minimum atomic E-state index is -0.332. The van der Waals surface area contributed by atoms with Crippen LogP contribution in [0.25, 0.3) is 0 Å². The highest BCUT2D eigenvalue weighted by Crippen LogP contribution is 2.15. The fourth-order valence-corrected chi connectivity index (χ4v) is 1.02. The number of imide groups is 1. The fourth-order valence-electron chi connectivity index (χ4n) is 1.02. The smallest absolute Gasteiger partial charge is 0.258 e. The molecule has 0 saturated carbocycles. The lowest BCUT2D eigenvalue weighted by atomic mass is 10.4. The molecule has 12 heavy (non-hydrogen) atoms. The van der Waals surface area contributed by atoms with E-state index in [-0.39, 0.29) is 11.8 Å². The Kier molecular flexibility index (Phi) is 1.30. The quantitative estimate of drug-likeness (QED) is 0.585. The van der Waals surface area contributed by atoms with Crippen LogP contribution in [0.5, 0.6) is 0 Å². The third kappa shape index (κ3) is 0.833. The zero-order chi connectivity index (χ0) is 8.55. The van der Waals surface area contributed by atoms with Gasteiger partial charge in [0.05, 0.1) is 11.9 Å². The molecule has 5 nitrogen and oxygen atoms in total. The maximum Gasteiger partial charge on any atom is 0.258 e. The molecule has 60 valence electrons. The molecule has 1 N–H and O–H groups in total. The van der Waals surface area contributed by atoms with Gasteiger partial charge in [0.25, 0.3) is 11.8 Å². The van der Waals surface area contributed by atoms with Crippen LogP contribution in [0.4, 0.5) is 5.69 Å². The molecule has 0 aliphatic carbocycles. The van der Waals surface area contributed by atoms with E-state index in [1.54, 1.807) is 0 Å². The Balaban J connectivity index is 2.37. The number of nitrogens with one attached hydrogen (secondary N) is 1. The molecule has 2 amide bonds. The lowest BCUT2D eigenvalue weighted by Crippen LogP contribution is -2.28. The normalized spacial score (nSPS) is 16.2. The van der Waals surface area contributed by atoms with Gasteiger partial charge in [0.15, 0.2) is 0 Å². The molecule has 0 saturated heterocycles. The summed E-state index contributed by atoms with van der Waals surface area (Å²) in [5, 5.41) is 6.16. The van der Waals surface area contributed by atoms with Gasteiger partial charge in [-0.2, -0.15) is 5.10 Å². The van der Waals surface area contributed by atoms with Crippen LogP contribution >= 0.6 is 0 Å². The zero-order valence-electron chi connectivity index (χ0n) is 6.02. The highest BCUT2D eigenvalue weighted by atomic mass is 16.2. The largest absolute Gasteiger partial charge is 0.284 e. The summed E-state index contributed by atoms with van der Waals surface area (Å²) in [5.41, 5.74) is 0.468. The zero-order valence-corrected chi connectivity index (χ0v) is 6.02. The fraction of sp³-hybridized carbons (Fsp3) is 0. The minimum Gasteiger partial charge on any atom is -0.284 e. The predicted octanol–water partition coefficient (Wildman–Crippen LogP) is -0.161. The van der Waals surface area contributed by atoms with E-state index < -0.39 is 0 Å². The lowest BCUT2D eigenvalue weighted by Gasteiger charge is -2.09. The van der Waals surface area contributed by atoms with E-state index in [9.17, 15) is 9.59 Å². The molecule has 1 aliphatic rings. The van der Waals surface area contributed by atoms with Gasteiger partial charge in [-0.1, -0.05) is 0 Å². The van der Waals surface area contributed by atoms with Crippen LogP contribution in [0.3, 0.4) is 0 Å². The number of amides is 2. The maximum absolute atomic E-state index is 11.1. The summed E-state index contributed by atoms with van der Waals surface area (Å²) in [7, 11) is 0. The van der Waals surface area contributed by atoms with Gasteiger partial charge in [-0.05, 0) is 0 Å². The molecule has 0 aromatic carbocycles. The van der Waals surface area contributed by atoms with Crippen molar-refractivity contribution in [1.29, 1.82) is 0 Å². The number of hydrogen-bond acceptors (Lipinski definition) is 3. The molecule has 2 heterocycles. The van der Waals surface area contributed by atoms with Crippen LogP contribution in [0.2, 0.25) is 0 Å². The van der Waals surface area contributed by atoms with E-state index in [2.05, 4.69) is 10.2 Å². The first-order valence-corrected chi connectivity index (χ1v) is 3.34.